The molecule has 1 aromatic carbocycles. The highest BCUT2D eigenvalue weighted by atomic mass is 19.1. The molecule has 0 aliphatic heterocycles. The van der Waals surface area contributed by atoms with Crippen molar-refractivity contribution in [3.63, 3.8) is 0 Å². The Morgan fingerprint density at radius 2 is 2.13 bits per heavy atom. The molecule has 15 heavy (non-hydrogen) atoms. The number of halogens is 1. The summed E-state index contributed by atoms with van der Waals surface area (Å²) in [6.07, 6.45) is 2.02. The van der Waals surface area contributed by atoms with Gasteiger partial charge in [-0.25, -0.2) is 4.39 Å². The third kappa shape index (κ3) is 2.23. The fraction of sp³-hybridized carbons (Fsp3) is 0.400. The summed E-state index contributed by atoms with van der Waals surface area (Å²) in [6.45, 7) is 2.00. The number of anilines is 1. The highest BCUT2D eigenvalue weighted by Crippen LogP contribution is 2.38. The number of hydrogen-bond acceptors (Lipinski definition) is 3. The van der Waals surface area contributed by atoms with Crippen LogP contribution in [0.4, 0.5) is 15.8 Å². The molecule has 2 rings (SSSR count). The molecule has 0 atom stereocenters. The van der Waals surface area contributed by atoms with Gasteiger partial charge in [-0.2, -0.15) is 0 Å². The second-order valence-corrected chi connectivity index (χ2v) is 4.14. The van der Waals surface area contributed by atoms with Gasteiger partial charge < -0.3 is 5.32 Å². The number of rotatable bonds is 3. The van der Waals surface area contributed by atoms with Gasteiger partial charge in [-0.1, -0.05) is 0 Å². The predicted molar refractivity (Wildman–Crippen MR) is 54.3 cm³/mol. The maximum Gasteiger partial charge on any atom is 0.274 e. The van der Waals surface area contributed by atoms with Gasteiger partial charge in [-0.05, 0) is 25.8 Å². The molecule has 1 N–H and O–H groups in total. The number of non-ortho nitro benzene ring substituents is 1. The average molecular weight is 210 g/mol. The van der Waals surface area contributed by atoms with Crippen molar-refractivity contribution in [2.45, 2.75) is 25.3 Å². The topological polar surface area (TPSA) is 55.2 Å². The van der Waals surface area contributed by atoms with Crippen LogP contribution in [-0.2, 0) is 0 Å². The van der Waals surface area contributed by atoms with E-state index in [0.717, 1.165) is 18.9 Å². The number of nitrogens with zero attached hydrogens (tertiary/aromatic N) is 1. The van der Waals surface area contributed by atoms with Crippen molar-refractivity contribution in [2.75, 3.05) is 5.32 Å². The molecule has 1 fully saturated rings. The standard InChI is InChI=1S/C10H11FN2O2/c1-10(2-3-10)12-8-4-7(11)5-9(6-8)13(14)15/h4-6,12H,2-3H2,1H3. The number of nitrogens with one attached hydrogen (secondary N) is 1. The van der Waals surface area contributed by atoms with E-state index < -0.39 is 10.7 Å². The molecule has 0 amide bonds. The first kappa shape index (κ1) is 9.89. The molecule has 0 aromatic heterocycles. The number of nitro groups is 1. The normalized spacial score (nSPS) is 17.2. The van der Waals surface area contributed by atoms with E-state index in [9.17, 15) is 14.5 Å². The zero-order chi connectivity index (χ0) is 11.1. The first-order valence-corrected chi connectivity index (χ1v) is 4.72. The number of benzene rings is 1. The van der Waals surface area contributed by atoms with Crippen LogP contribution in [0.2, 0.25) is 0 Å². The van der Waals surface area contributed by atoms with Crippen molar-refractivity contribution in [3.8, 4) is 0 Å². The first-order chi connectivity index (χ1) is 6.98. The molecule has 0 saturated heterocycles. The summed E-state index contributed by atoms with van der Waals surface area (Å²) in [7, 11) is 0. The van der Waals surface area contributed by atoms with Crippen molar-refractivity contribution in [2.24, 2.45) is 0 Å². The third-order valence-electron chi connectivity index (χ3n) is 2.54. The van der Waals surface area contributed by atoms with E-state index >= 15 is 0 Å². The molecular weight excluding hydrogens is 199 g/mol. The Morgan fingerprint density at radius 1 is 1.47 bits per heavy atom. The van der Waals surface area contributed by atoms with E-state index in [1.54, 1.807) is 0 Å². The lowest BCUT2D eigenvalue weighted by Crippen LogP contribution is -2.15. The maximum atomic E-state index is 13.0. The quantitative estimate of drug-likeness (QED) is 0.616. The highest BCUT2D eigenvalue weighted by molar-refractivity contribution is 5.53. The Balaban J connectivity index is 2.27. The summed E-state index contributed by atoms with van der Waals surface area (Å²) in [5, 5.41) is 13.6. The van der Waals surface area contributed by atoms with Crippen molar-refractivity contribution in [3.05, 3.63) is 34.1 Å². The van der Waals surface area contributed by atoms with Gasteiger partial charge in [0, 0.05) is 17.3 Å². The van der Waals surface area contributed by atoms with Gasteiger partial charge >= 0.3 is 0 Å². The van der Waals surface area contributed by atoms with Crippen LogP contribution in [0.15, 0.2) is 18.2 Å². The average Bonchev–Trinajstić information content (AvgIpc) is 2.81. The van der Waals surface area contributed by atoms with E-state index in [0.29, 0.717) is 5.69 Å². The summed E-state index contributed by atoms with van der Waals surface area (Å²) in [5.41, 5.74) is 0.241. The van der Waals surface area contributed by atoms with Crippen molar-refractivity contribution < 1.29 is 9.31 Å². The predicted octanol–water partition coefficient (Wildman–Crippen LogP) is 2.70. The molecule has 0 radical (unpaired) electrons. The van der Waals surface area contributed by atoms with Crippen molar-refractivity contribution in [1.29, 1.82) is 0 Å². The van der Waals surface area contributed by atoms with E-state index in [1.807, 2.05) is 6.92 Å². The molecule has 0 unspecified atom stereocenters. The van der Waals surface area contributed by atoms with Crippen LogP contribution < -0.4 is 5.32 Å². The van der Waals surface area contributed by atoms with Crippen LogP contribution >= 0.6 is 0 Å². The lowest BCUT2D eigenvalue weighted by Gasteiger charge is -2.12. The molecule has 1 aliphatic rings. The molecule has 5 heteroatoms. The van der Waals surface area contributed by atoms with Crippen LogP contribution in [0.3, 0.4) is 0 Å². The molecule has 80 valence electrons. The second-order valence-electron chi connectivity index (χ2n) is 4.14. The smallest absolute Gasteiger partial charge is 0.274 e. The van der Waals surface area contributed by atoms with Crippen LogP contribution in [0.5, 0.6) is 0 Å². The molecule has 1 aliphatic carbocycles. The summed E-state index contributed by atoms with van der Waals surface area (Å²) < 4.78 is 13.0. The van der Waals surface area contributed by atoms with Gasteiger partial charge in [0.25, 0.3) is 5.69 Å². The lowest BCUT2D eigenvalue weighted by atomic mass is 10.2. The largest absolute Gasteiger partial charge is 0.380 e. The van der Waals surface area contributed by atoms with Gasteiger partial charge in [0.1, 0.15) is 5.82 Å². The monoisotopic (exact) mass is 210 g/mol. The fourth-order valence-electron chi connectivity index (χ4n) is 1.41. The van der Waals surface area contributed by atoms with Crippen molar-refractivity contribution in [1.82, 2.24) is 0 Å². The minimum atomic E-state index is -0.594. The Morgan fingerprint density at radius 3 is 2.67 bits per heavy atom. The Labute approximate surface area is 86.3 Å². The molecule has 1 saturated carbocycles. The van der Waals surface area contributed by atoms with Gasteiger partial charge in [0.05, 0.1) is 11.0 Å². The fourth-order valence-corrected chi connectivity index (χ4v) is 1.41. The van der Waals surface area contributed by atoms with Crippen LogP contribution in [-0.4, -0.2) is 10.5 Å². The van der Waals surface area contributed by atoms with Gasteiger partial charge in [0.15, 0.2) is 0 Å². The molecule has 0 spiro atoms. The van der Waals surface area contributed by atoms with E-state index in [1.165, 1.54) is 12.1 Å². The van der Waals surface area contributed by atoms with Gasteiger partial charge in [-0.3, -0.25) is 10.1 Å². The van der Waals surface area contributed by atoms with Gasteiger partial charge in [0.2, 0.25) is 0 Å². The number of hydrogen-bond donors (Lipinski definition) is 1. The lowest BCUT2D eigenvalue weighted by molar-refractivity contribution is -0.385. The Bertz CT molecular complexity index is 416. The second kappa shape index (κ2) is 3.18. The van der Waals surface area contributed by atoms with E-state index in [-0.39, 0.29) is 11.2 Å². The minimum absolute atomic E-state index is 0.0122. The van der Waals surface area contributed by atoms with Crippen LogP contribution in [0, 0.1) is 15.9 Å². The third-order valence-corrected chi connectivity index (χ3v) is 2.54. The molecule has 4 nitrogen and oxygen atoms in total. The van der Waals surface area contributed by atoms with Crippen LogP contribution in [0.1, 0.15) is 19.8 Å². The zero-order valence-electron chi connectivity index (χ0n) is 8.29. The summed E-state index contributed by atoms with van der Waals surface area (Å²) in [6, 6.07) is 3.55. The van der Waals surface area contributed by atoms with Crippen LogP contribution in [0.25, 0.3) is 0 Å². The molecule has 1 aromatic rings. The molecule has 0 heterocycles. The SMILES string of the molecule is CC1(Nc2cc(F)cc([N+](=O)[O-])c2)CC1. The minimum Gasteiger partial charge on any atom is -0.380 e. The summed E-state index contributed by atoms with van der Waals surface area (Å²) in [5.74, 6) is -0.587. The molecule has 0 bridgehead atoms. The zero-order valence-corrected chi connectivity index (χ0v) is 8.29. The van der Waals surface area contributed by atoms with E-state index in [4.69, 9.17) is 0 Å². The summed E-state index contributed by atoms with van der Waals surface area (Å²) in [4.78, 5) is 9.90. The van der Waals surface area contributed by atoms with E-state index in [2.05, 4.69) is 5.32 Å². The molecular formula is C10H11FN2O2. The Kier molecular flexibility index (Phi) is 2.10. The maximum absolute atomic E-state index is 13.0. The Hall–Kier alpha value is -1.65. The number of nitro benzene ring substituents is 1. The van der Waals surface area contributed by atoms with Crippen molar-refractivity contribution >= 4 is 11.4 Å². The highest BCUT2D eigenvalue weighted by Gasteiger charge is 2.37. The summed E-state index contributed by atoms with van der Waals surface area (Å²) >= 11 is 0. The van der Waals surface area contributed by atoms with Gasteiger partial charge in [-0.15, -0.1) is 0 Å². The first-order valence-electron chi connectivity index (χ1n) is 4.72.